The van der Waals surface area contributed by atoms with E-state index in [9.17, 15) is 9.59 Å². The second kappa shape index (κ2) is 9.31. The summed E-state index contributed by atoms with van der Waals surface area (Å²) < 4.78 is 11.9. The molecule has 3 amide bonds. The zero-order valence-corrected chi connectivity index (χ0v) is 16.9. The summed E-state index contributed by atoms with van der Waals surface area (Å²) in [5, 5.41) is 6.04. The highest BCUT2D eigenvalue weighted by Crippen LogP contribution is 2.24. The van der Waals surface area contributed by atoms with Gasteiger partial charge in [0.25, 0.3) is 0 Å². The number of ether oxygens (including phenoxy) is 2. The number of methoxy groups -OCH3 is 2. The Bertz CT molecular complexity index is 845. The standard InChI is InChI=1S/C20H27N5O4/c1-24-12-9-21-18(24)17(14-5-4-6-16(13-14)28-2)23-19(26)22-15-7-10-25(11-8-15)20(27)29-3/h4-6,9,12-13,15,17H,7-8,10-11H2,1-3H3,(H2,22,23,26). The van der Waals surface area contributed by atoms with E-state index < -0.39 is 6.04 Å². The summed E-state index contributed by atoms with van der Waals surface area (Å²) in [6.07, 6.45) is 4.56. The van der Waals surface area contributed by atoms with Crippen LogP contribution in [0.3, 0.4) is 0 Å². The van der Waals surface area contributed by atoms with E-state index in [1.165, 1.54) is 7.11 Å². The van der Waals surface area contributed by atoms with Crippen LogP contribution >= 0.6 is 0 Å². The molecule has 3 rings (SSSR count). The molecular formula is C20H27N5O4. The molecule has 0 spiro atoms. The highest BCUT2D eigenvalue weighted by atomic mass is 16.5. The van der Waals surface area contributed by atoms with Gasteiger partial charge in [0.2, 0.25) is 0 Å². The van der Waals surface area contributed by atoms with Gasteiger partial charge in [0, 0.05) is 38.6 Å². The topological polar surface area (TPSA) is 97.7 Å². The molecule has 1 aliphatic heterocycles. The lowest BCUT2D eigenvalue weighted by Crippen LogP contribution is -2.49. The first-order chi connectivity index (χ1) is 14.0. The average molecular weight is 401 g/mol. The van der Waals surface area contributed by atoms with E-state index in [4.69, 9.17) is 9.47 Å². The molecule has 1 aromatic heterocycles. The van der Waals surface area contributed by atoms with Gasteiger partial charge in [-0.2, -0.15) is 0 Å². The number of nitrogens with zero attached hydrogens (tertiary/aromatic N) is 3. The molecule has 9 heteroatoms. The van der Waals surface area contributed by atoms with Crippen LogP contribution in [0.15, 0.2) is 36.7 Å². The van der Waals surface area contributed by atoms with Crippen molar-refractivity contribution in [3.8, 4) is 5.75 Å². The molecule has 1 aliphatic rings. The minimum atomic E-state index is -0.430. The molecule has 1 atom stereocenters. The van der Waals surface area contributed by atoms with E-state index in [-0.39, 0.29) is 18.2 Å². The van der Waals surface area contributed by atoms with Crippen molar-refractivity contribution in [2.24, 2.45) is 7.05 Å². The Morgan fingerprint density at radius 2 is 2.00 bits per heavy atom. The molecule has 1 saturated heterocycles. The third-order valence-electron chi connectivity index (χ3n) is 5.08. The molecule has 1 aromatic carbocycles. The van der Waals surface area contributed by atoms with E-state index in [1.54, 1.807) is 18.2 Å². The van der Waals surface area contributed by atoms with Gasteiger partial charge in [-0.15, -0.1) is 0 Å². The monoisotopic (exact) mass is 401 g/mol. The van der Waals surface area contributed by atoms with Crippen LogP contribution in [0.25, 0.3) is 0 Å². The summed E-state index contributed by atoms with van der Waals surface area (Å²) in [5.74, 6) is 1.42. The maximum atomic E-state index is 12.7. The molecule has 2 aromatic rings. The summed E-state index contributed by atoms with van der Waals surface area (Å²) in [6, 6.07) is 6.83. The molecule has 156 valence electrons. The van der Waals surface area contributed by atoms with E-state index in [0.717, 1.165) is 5.56 Å². The lowest BCUT2D eigenvalue weighted by atomic mass is 10.0. The fraction of sp³-hybridized carbons (Fsp3) is 0.450. The predicted molar refractivity (Wildman–Crippen MR) is 107 cm³/mol. The van der Waals surface area contributed by atoms with Crippen molar-refractivity contribution >= 4 is 12.1 Å². The van der Waals surface area contributed by atoms with Gasteiger partial charge in [0.1, 0.15) is 17.6 Å². The fourth-order valence-electron chi connectivity index (χ4n) is 3.47. The maximum absolute atomic E-state index is 12.7. The Morgan fingerprint density at radius 3 is 2.62 bits per heavy atom. The van der Waals surface area contributed by atoms with Gasteiger partial charge in [-0.3, -0.25) is 0 Å². The number of imidazole rings is 1. The van der Waals surface area contributed by atoms with Crippen molar-refractivity contribution in [3.05, 3.63) is 48.0 Å². The van der Waals surface area contributed by atoms with E-state index >= 15 is 0 Å². The quantitative estimate of drug-likeness (QED) is 0.799. The van der Waals surface area contributed by atoms with Crippen LogP contribution in [0.5, 0.6) is 5.75 Å². The first kappa shape index (κ1) is 20.5. The Labute approximate surface area is 170 Å². The zero-order valence-electron chi connectivity index (χ0n) is 16.9. The Morgan fingerprint density at radius 1 is 1.24 bits per heavy atom. The van der Waals surface area contributed by atoms with Gasteiger partial charge < -0.3 is 29.6 Å². The van der Waals surface area contributed by atoms with Crippen LogP contribution in [-0.2, 0) is 11.8 Å². The molecule has 29 heavy (non-hydrogen) atoms. The van der Waals surface area contributed by atoms with Crippen LogP contribution < -0.4 is 15.4 Å². The number of hydrogen-bond acceptors (Lipinski definition) is 5. The zero-order chi connectivity index (χ0) is 20.8. The third kappa shape index (κ3) is 4.98. The fourth-order valence-corrected chi connectivity index (χ4v) is 3.47. The normalized spacial score (nSPS) is 15.5. The minimum absolute atomic E-state index is 0.0109. The van der Waals surface area contributed by atoms with Gasteiger partial charge in [-0.05, 0) is 30.5 Å². The maximum Gasteiger partial charge on any atom is 0.409 e. The second-order valence-electron chi connectivity index (χ2n) is 6.96. The van der Waals surface area contributed by atoms with E-state index in [1.807, 2.05) is 42.1 Å². The molecule has 0 aliphatic carbocycles. The molecule has 0 bridgehead atoms. The molecule has 0 saturated carbocycles. The number of urea groups is 1. The third-order valence-corrected chi connectivity index (χ3v) is 5.08. The van der Waals surface area contributed by atoms with Crippen molar-refractivity contribution in [2.45, 2.75) is 24.9 Å². The number of hydrogen-bond donors (Lipinski definition) is 2. The number of aryl methyl sites for hydroxylation is 1. The molecule has 2 N–H and O–H groups in total. The number of piperidine rings is 1. The first-order valence-electron chi connectivity index (χ1n) is 9.53. The summed E-state index contributed by atoms with van der Waals surface area (Å²) in [7, 11) is 4.86. The number of aromatic nitrogens is 2. The number of amides is 3. The second-order valence-corrected chi connectivity index (χ2v) is 6.96. The number of carbonyl (C=O) groups is 2. The van der Waals surface area contributed by atoms with Gasteiger partial charge in [-0.25, -0.2) is 14.6 Å². The van der Waals surface area contributed by atoms with Gasteiger partial charge in [-0.1, -0.05) is 12.1 Å². The van der Waals surface area contributed by atoms with Gasteiger partial charge in [0.15, 0.2) is 0 Å². The Balaban J connectivity index is 1.68. The largest absolute Gasteiger partial charge is 0.497 e. The number of carbonyl (C=O) groups excluding carboxylic acids is 2. The number of nitrogens with one attached hydrogen (secondary N) is 2. The SMILES string of the molecule is COC(=O)N1CCC(NC(=O)NC(c2cccc(OC)c2)c2nccn2C)CC1. The molecule has 9 nitrogen and oxygen atoms in total. The van der Waals surface area contributed by atoms with Crippen molar-refractivity contribution in [1.82, 2.24) is 25.1 Å². The highest BCUT2D eigenvalue weighted by molar-refractivity contribution is 5.75. The predicted octanol–water partition coefficient (Wildman–Crippen LogP) is 2.05. The van der Waals surface area contributed by atoms with Crippen LogP contribution in [-0.4, -0.2) is 59.9 Å². The molecule has 0 radical (unpaired) electrons. The van der Waals surface area contributed by atoms with Crippen LogP contribution in [0.1, 0.15) is 30.3 Å². The van der Waals surface area contributed by atoms with Crippen molar-refractivity contribution in [2.75, 3.05) is 27.3 Å². The number of rotatable bonds is 5. The lowest BCUT2D eigenvalue weighted by molar-refractivity contribution is 0.110. The summed E-state index contributed by atoms with van der Waals surface area (Å²) >= 11 is 0. The van der Waals surface area contributed by atoms with Gasteiger partial charge >= 0.3 is 12.1 Å². The summed E-state index contributed by atoms with van der Waals surface area (Å²) in [5.41, 5.74) is 0.870. The molecular weight excluding hydrogens is 374 g/mol. The Hall–Kier alpha value is -3.23. The molecule has 1 fully saturated rings. The lowest BCUT2D eigenvalue weighted by Gasteiger charge is -2.31. The number of likely N-dealkylation sites (tertiary alicyclic amines) is 1. The highest BCUT2D eigenvalue weighted by Gasteiger charge is 2.26. The van der Waals surface area contributed by atoms with E-state index in [0.29, 0.717) is 37.5 Å². The van der Waals surface area contributed by atoms with Crippen molar-refractivity contribution in [1.29, 1.82) is 0 Å². The van der Waals surface area contributed by atoms with Crippen molar-refractivity contribution < 1.29 is 19.1 Å². The van der Waals surface area contributed by atoms with Crippen LogP contribution in [0.4, 0.5) is 9.59 Å². The molecule has 2 heterocycles. The Kier molecular flexibility index (Phi) is 6.58. The summed E-state index contributed by atoms with van der Waals surface area (Å²) in [4.78, 5) is 30.4. The van der Waals surface area contributed by atoms with Crippen LogP contribution in [0.2, 0.25) is 0 Å². The van der Waals surface area contributed by atoms with Gasteiger partial charge in [0.05, 0.1) is 14.2 Å². The number of benzene rings is 1. The van der Waals surface area contributed by atoms with Crippen molar-refractivity contribution in [3.63, 3.8) is 0 Å². The van der Waals surface area contributed by atoms with Crippen LogP contribution in [0, 0.1) is 0 Å². The summed E-state index contributed by atoms with van der Waals surface area (Å²) in [6.45, 7) is 1.10. The first-order valence-corrected chi connectivity index (χ1v) is 9.53. The average Bonchev–Trinajstić information content (AvgIpc) is 3.17. The minimum Gasteiger partial charge on any atom is -0.497 e. The molecule has 1 unspecified atom stereocenters. The van der Waals surface area contributed by atoms with E-state index in [2.05, 4.69) is 15.6 Å². The smallest absolute Gasteiger partial charge is 0.409 e.